The fraction of sp³-hybridized carbons (Fsp3) is 0.750. The van der Waals surface area contributed by atoms with E-state index in [-0.39, 0.29) is 0 Å². The molecule has 0 bridgehead atoms. The van der Waals surface area contributed by atoms with Crippen molar-refractivity contribution in [2.45, 2.75) is 52.1 Å². The van der Waals surface area contributed by atoms with Crippen molar-refractivity contribution in [3.8, 4) is 0 Å². The van der Waals surface area contributed by atoms with Gasteiger partial charge in [0.25, 0.3) is 0 Å². The van der Waals surface area contributed by atoms with Crippen molar-refractivity contribution in [3.05, 3.63) is 21.4 Å². The number of hydrogen-bond acceptors (Lipinski definition) is 3. The molecule has 0 aromatic carbocycles. The van der Waals surface area contributed by atoms with Crippen LogP contribution in [0.15, 0.2) is 6.07 Å². The molecular formula is C16H26N2S. The summed E-state index contributed by atoms with van der Waals surface area (Å²) in [7, 11) is 0. The van der Waals surface area contributed by atoms with Gasteiger partial charge in [-0.25, -0.2) is 0 Å². The van der Waals surface area contributed by atoms with E-state index in [0.717, 1.165) is 6.04 Å². The second-order valence-electron chi connectivity index (χ2n) is 6.23. The summed E-state index contributed by atoms with van der Waals surface area (Å²) in [5.74, 6) is 0. The van der Waals surface area contributed by atoms with Crippen molar-refractivity contribution in [3.63, 3.8) is 0 Å². The second kappa shape index (κ2) is 5.55. The first kappa shape index (κ1) is 13.6. The van der Waals surface area contributed by atoms with Crippen LogP contribution in [0.3, 0.4) is 0 Å². The molecule has 0 radical (unpaired) electrons. The van der Waals surface area contributed by atoms with Crippen LogP contribution in [0.5, 0.6) is 0 Å². The van der Waals surface area contributed by atoms with E-state index < -0.39 is 0 Å². The van der Waals surface area contributed by atoms with Crippen LogP contribution < -0.4 is 0 Å². The average Bonchev–Trinajstić information content (AvgIpc) is 2.89. The molecule has 2 saturated heterocycles. The molecule has 3 heteroatoms. The van der Waals surface area contributed by atoms with Gasteiger partial charge in [0.2, 0.25) is 0 Å². The Hall–Kier alpha value is -0.380. The molecular weight excluding hydrogens is 252 g/mol. The maximum Gasteiger partial charge on any atom is 0.0331 e. The highest BCUT2D eigenvalue weighted by molar-refractivity contribution is 7.12. The third-order valence-corrected chi connectivity index (χ3v) is 5.89. The third-order valence-electron chi connectivity index (χ3n) is 4.91. The molecule has 2 aliphatic heterocycles. The highest BCUT2D eigenvalue weighted by Gasteiger charge is 2.31. The van der Waals surface area contributed by atoms with Crippen molar-refractivity contribution in [1.29, 1.82) is 0 Å². The fourth-order valence-electron chi connectivity index (χ4n) is 3.85. The molecule has 0 aliphatic carbocycles. The molecule has 106 valence electrons. The molecule has 2 fully saturated rings. The largest absolute Gasteiger partial charge is 0.299 e. The van der Waals surface area contributed by atoms with Crippen molar-refractivity contribution in [2.75, 3.05) is 26.2 Å². The quantitative estimate of drug-likeness (QED) is 0.815. The number of nitrogens with zero attached hydrogens (tertiary/aromatic N) is 2. The highest BCUT2D eigenvalue weighted by atomic mass is 32.1. The van der Waals surface area contributed by atoms with E-state index in [1.807, 2.05) is 11.3 Å². The zero-order valence-electron chi connectivity index (χ0n) is 12.5. The molecule has 0 spiro atoms. The van der Waals surface area contributed by atoms with Crippen molar-refractivity contribution in [1.82, 2.24) is 9.80 Å². The van der Waals surface area contributed by atoms with Gasteiger partial charge in [-0.15, -0.1) is 11.3 Å². The summed E-state index contributed by atoms with van der Waals surface area (Å²) in [6, 6.07) is 3.82. The molecule has 19 heavy (non-hydrogen) atoms. The van der Waals surface area contributed by atoms with Gasteiger partial charge in [0.1, 0.15) is 0 Å². The number of fused-ring (bicyclic) bond motifs is 1. The molecule has 2 nitrogen and oxygen atoms in total. The molecule has 3 rings (SSSR count). The zero-order chi connectivity index (χ0) is 13.4. The number of hydrogen-bond donors (Lipinski definition) is 0. The molecule has 0 amide bonds. The van der Waals surface area contributed by atoms with E-state index in [4.69, 9.17) is 0 Å². The Balaban J connectivity index is 1.75. The van der Waals surface area contributed by atoms with Crippen LogP contribution in [0.25, 0.3) is 0 Å². The lowest BCUT2D eigenvalue weighted by Crippen LogP contribution is -2.37. The molecule has 2 unspecified atom stereocenters. The van der Waals surface area contributed by atoms with E-state index in [9.17, 15) is 0 Å². The summed E-state index contributed by atoms with van der Waals surface area (Å²) in [6.45, 7) is 12.1. The Bertz CT molecular complexity index is 440. The van der Waals surface area contributed by atoms with Crippen LogP contribution in [0.1, 0.15) is 47.5 Å². The van der Waals surface area contributed by atoms with Crippen LogP contribution in [-0.4, -0.2) is 42.0 Å². The molecule has 3 heterocycles. The first-order chi connectivity index (χ1) is 9.15. The molecule has 0 N–H and O–H groups in total. The van der Waals surface area contributed by atoms with E-state index in [1.54, 1.807) is 5.56 Å². The van der Waals surface area contributed by atoms with Crippen LogP contribution in [0.4, 0.5) is 0 Å². The maximum absolute atomic E-state index is 2.73. The van der Waals surface area contributed by atoms with Crippen LogP contribution >= 0.6 is 11.3 Å². The molecule has 1 aromatic heterocycles. The summed E-state index contributed by atoms with van der Waals surface area (Å²) in [5.41, 5.74) is 1.56. The van der Waals surface area contributed by atoms with E-state index in [1.165, 1.54) is 55.2 Å². The minimum Gasteiger partial charge on any atom is -0.299 e. The van der Waals surface area contributed by atoms with Gasteiger partial charge in [-0.3, -0.25) is 9.80 Å². The van der Waals surface area contributed by atoms with Crippen LogP contribution in [0, 0.1) is 13.8 Å². The van der Waals surface area contributed by atoms with Crippen LogP contribution in [-0.2, 0) is 0 Å². The highest BCUT2D eigenvalue weighted by Crippen LogP contribution is 2.32. The molecule has 2 aliphatic rings. The van der Waals surface area contributed by atoms with Gasteiger partial charge in [-0.05, 0) is 64.8 Å². The summed E-state index contributed by atoms with van der Waals surface area (Å²) in [6.07, 6.45) is 4.15. The Labute approximate surface area is 121 Å². The average molecular weight is 278 g/mol. The Morgan fingerprint density at radius 2 is 2.00 bits per heavy atom. The van der Waals surface area contributed by atoms with Crippen LogP contribution in [0.2, 0.25) is 0 Å². The molecule has 2 atom stereocenters. The van der Waals surface area contributed by atoms with Crippen molar-refractivity contribution >= 4 is 11.3 Å². The van der Waals surface area contributed by atoms with Crippen molar-refractivity contribution < 1.29 is 0 Å². The van der Waals surface area contributed by atoms with Gasteiger partial charge in [0, 0.05) is 34.9 Å². The minimum atomic E-state index is 0.588. The van der Waals surface area contributed by atoms with E-state index >= 15 is 0 Å². The predicted molar refractivity (Wildman–Crippen MR) is 83.0 cm³/mol. The van der Waals surface area contributed by atoms with E-state index in [2.05, 4.69) is 36.6 Å². The first-order valence-corrected chi connectivity index (χ1v) is 8.52. The Kier molecular flexibility index (Phi) is 3.97. The molecule has 1 aromatic rings. The smallest absolute Gasteiger partial charge is 0.0331 e. The first-order valence-electron chi connectivity index (χ1n) is 7.70. The lowest BCUT2D eigenvalue weighted by molar-refractivity contribution is 0.182. The predicted octanol–water partition coefficient (Wildman–Crippen LogP) is 3.60. The number of thiophene rings is 1. The number of aryl methyl sites for hydroxylation is 2. The summed E-state index contributed by atoms with van der Waals surface area (Å²) < 4.78 is 0. The summed E-state index contributed by atoms with van der Waals surface area (Å²) >= 11 is 1.95. The lowest BCUT2D eigenvalue weighted by Gasteiger charge is -2.30. The number of rotatable bonds is 2. The fourth-order valence-corrected chi connectivity index (χ4v) is 4.87. The summed E-state index contributed by atoms with van der Waals surface area (Å²) in [4.78, 5) is 8.41. The third kappa shape index (κ3) is 2.74. The van der Waals surface area contributed by atoms with Gasteiger partial charge >= 0.3 is 0 Å². The Morgan fingerprint density at radius 1 is 1.21 bits per heavy atom. The summed E-state index contributed by atoms with van der Waals surface area (Å²) in [5, 5.41) is 0. The maximum atomic E-state index is 2.73. The standard InChI is InChI=1S/C16H26N2S/c1-12-10-16(14(3)19-12)13(2)18-9-5-8-17-7-4-6-15(17)11-18/h10,13,15H,4-9,11H2,1-3H3. The topological polar surface area (TPSA) is 6.48 Å². The van der Waals surface area contributed by atoms with E-state index in [0.29, 0.717) is 6.04 Å². The Morgan fingerprint density at radius 3 is 2.74 bits per heavy atom. The monoisotopic (exact) mass is 278 g/mol. The van der Waals surface area contributed by atoms with Gasteiger partial charge in [0.15, 0.2) is 0 Å². The van der Waals surface area contributed by atoms with Crippen molar-refractivity contribution in [2.24, 2.45) is 0 Å². The van der Waals surface area contributed by atoms with Gasteiger partial charge in [0.05, 0.1) is 0 Å². The minimum absolute atomic E-state index is 0.588. The van der Waals surface area contributed by atoms with Gasteiger partial charge in [-0.1, -0.05) is 0 Å². The normalized spacial score (nSPS) is 27.2. The zero-order valence-corrected chi connectivity index (χ0v) is 13.3. The van der Waals surface area contributed by atoms with Gasteiger partial charge < -0.3 is 0 Å². The lowest BCUT2D eigenvalue weighted by atomic mass is 10.1. The second-order valence-corrected chi connectivity index (χ2v) is 7.69. The molecule has 0 saturated carbocycles. The SMILES string of the molecule is Cc1cc(C(C)N2CCCN3CCCC3C2)c(C)s1. The van der Waals surface area contributed by atoms with Gasteiger partial charge in [-0.2, -0.15) is 0 Å².